The predicted molar refractivity (Wildman–Crippen MR) is 132 cm³/mol. The number of aromatic nitrogens is 2. The Bertz CT molecular complexity index is 1220. The van der Waals surface area contributed by atoms with Crippen LogP contribution in [0.4, 0.5) is 11.5 Å². The fourth-order valence-electron chi connectivity index (χ4n) is 5.44. The monoisotopic (exact) mass is 451 g/mol. The zero-order chi connectivity index (χ0) is 22.5. The molecule has 0 bridgehead atoms. The third-order valence-corrected chi connectivity index (χ3v) is 7.40. The molecule has 0 atom stereocenters. The predicted octanol–water partition coefficient (Wildman–Crippen LogP) is 4.38. The molecule has 32 heavy (non-hydrogen) atoms. The van der Waals surface area contributed by atoms with Crippen LogP contribution >= 0.6 is 11.6 Å². The molecular weight excluding hydrogens is 422 g/mol. The van der Waals surface area contributed by atoms with E-state index < -0.39 is 0 Å². The molecule has 0 radical (unpaired) electrons. The average Bonchev–Trinajstić information content (AvgIpc) is 2.68. The first-order chi connectivity index (χ1) is 15.4. The standard InChI is InChI=1S/C25H30ClN5O/c1-4-31(18-10-25(11-18)13-27-14-25)22-9-17(26)8-20-19(22)5-6-28-23(20)29-12-21-15(2)7-16(3)30-24(21)32/h5-9,18,27H,4,10-14H2,1-3H3,(H,28,29)(H,30,32). The quantitative estimate of drug-likeness (QED) is 0.518. The van der Waals surface area contributed by atoms with Gasteiger partial charge in [0.05, 0.1) is 0 Å². The van der Waals surface area contributed by atoms with Crippen LogP contribution in [0, 0.1) is 19.3 Å². The number of hydrogen-bond donors (Lipinski definition) is 3. The van der Waals surface area contributed by atoms with Crippen molar-refractivity contribution in [3.05, 3.63) is 62.7 Å². The van der Waals surface area contributed by atoms with Gasteiger partial charge >= 0.3 is 0 Å². The van der Waals surface area contributed by atoms with Crippen molar-refractivity contribution in [2.45, 2.75) is 46.2 Å². The Labute approximate surface area is 193 Å². The molecule has 1 saturated heterocycles. The molecule has 6 nitrogen and oxygen atoms in total. The summed E-state index contributed by atoms with van der Waals surface area (Å²) in [5, 5.41) is 9.63. The van der Waals surface area contributed by atoms with E-state index in [4.69, 9.17) is 11.6 Å². The number of pyridine rings is 2. The lowest BCUT2D eigenvalue weighted by Gasteiger charge is -2.57. The summed E-state index contributed by atoms with van der Waals surface area (Å²) in [6, 6.07) is 8.65. The largest absolute Gasteiger partial charge is 0.368 e. The number of halogens is 1. The first kappa shape index (κ1) is 21.3. The van der Waals surface area contributed by atoms with E-state index in [2.05, 4.69) is 44.6 Å². The molecule has 1 aromatic carbocycles. The summed E-state index contributed by atoms with van der Waals surface area (Å²) in [5.41, 5.74) is 4.18. The molecule has 5 rings (SSSR count). The highest BCUT2D eigenvalue weighted by molar-refractivity contribution is 6.32. The highest BCUT2D eigenvalue weighted by Crippen LogP contribution is 2.48. The van der Waals surface area contributed by atoms with E-state index in [0.717, 1.165) is 58.7 Å². The SMILES string of the molecule is CCN(c1cc(Cl)cc2c(NCc3c(C)cc(C)[nH]c3=O)nccc12)C1CC2(CNC2)C1. The van der Waals surface area contributed by atoms with Gasteiger partial charge in [-0.2, -0.15) is 0 Å². The van der Waals surface area contributed by atoms with Gasteiger partial charge in [-0.25, -0.2) is 4.98 Å². The Hall–Kier alpha value is -2.57. The normalized spacial score (nSPS) is 17.2. The van der Waals surface area contributed by atoms with Gasteiger partial charge in [-0.05, 0) is 68.9 Å². The number of anilines is 2. The van der Waals surface area contributed by atoms with Gasteiger partial charge in [0.15, 0.2) is 0 Å². The summed E-state index contributed by atoms with van der Waals surface area (Å²) in [7, 11) is 0. The minimum absolute atomic E-state index is 0.0597. The van der Waals surface area contributed by atoms with Crippen molar-refractivity contribution >= 4 is 33.9 Å². The van der Waals surface area contributed by atoms with Crippen molar-refractivity contribution in [3.63, 3.8) is 0 Å². The van der Waals surface area contributed by atoms with Gasteiger partial charge in [-0.15, -0.1) is 0 Å². The Morgan fingerprint density at radius 3 is 2.66 bits per heavy atom. The number of benzene rings is 1. The Balaban J connectivity index is 1.47. The maximum atomic E-state index is 12.4. The van der Waals surface area contributed by atoms with Crippen LogP contribution in [0.5, 0.6) is 0 Å². The molecule has 3 aromatic rings. The van der Waals surface area contributed by atoms with Crippen LogP contribution in [0.1, 0.15) is 36.6 Å². The lowest BCUT2D eigenvalue weighted by Crippen LogP contribution is -2.65. The van der Waals surface area contributed by atoms with Crippen LogP contribution in [0.3, 0.4) is 0 Å². The van der Waals surface area contributed by atoms with Crippen molar-refractivity contribution in [2.75, 3.05) is 29.9 Å². The summed E-state index contributed by atoms with van der Waals surface area (Å²) in [6.07, 6.45) is 4.29. The molecule has 2 fully saturated rings. The molecule has 3 N–H and O–H groups in total. The molecule has 7 heteroatoms. The molecule has 3 heterocycles. The van der Waals surface area contributed by atoms with Crippen LogP contribution < -0.4 is 21.1 Å². The minimum atomic E-state index is -0.0597. The summed E-state index contributed by atoms with van der Waals surface area (Å²) in [6.45, 7) is 9.71. The maximum absolute atomic E-state index is 12.4. The molecule has 2 aliphatic rings. The van der Waals surface area contributed by atoms with Gasteiger partial charge < -0.3 is 20.5 Å². The second-order valence-corrected chi connectivity index (χ2v) is 9.86. The third-order valence-electron chi connectivity index (χ3n) is 7.18. The molecule has 168 valence electrons. The number of rotatable bonds is 6. The number of hydrogen-bond acceptors (Lipinski definition) is 5. The van der Waals surface area contributed by atoms with Gasteiger partial charge in [0.25, 0.3) is 5.56 Å². The van der Waals surface area contributed by atoms with Crippen molar-refractivity contribution in [1.82, 2.24) is 15.3 Å². The van der Waals surface area contributed by atoms with E-state index in [-0.39, 0.29) is 5.56 Å². The van der Waals surface area contributed by atoms with Crippen LogP contribution in [-0.2, 0) is 6.54 Å². The molecule has 1 aliphatic heterocycles. The Kier molecular flexibility index (Phi) is 5.38. The minimum Gasteiger partial charge on any atom is -0.368 e. The second kappa shape index (κ2) is 8.09. The van der Waals surface area contributed by atoms with Gasteiger partial charge in [-0.1, -0.05) is 11.6 Å². The Morgan fingerprint density at radius 2 is 2.00 bits per heavy atom. The number of H-pyrrole nitrogens is 1. The van der Waals surface area contributed by atoms with E-state index in [1.54, 1.807) is 0 Å². The lowest BCUT2D eigenvalue weighted by molar-refractivity contribution is 0.0359. The van der Waals surface area contributed by atoms with Crippen molar-refractivity contribution in [2.24, 2.45) is 5.41 Å². The van der Waals surface area contributed by atoms with E-state index in [1.807, 2.05) is 32.2 Å². The number of nitrogens with one attached hydrogen (secondary N) is 3. The van der Waals surface area contributed by atoms with Gasteiger partial charge in [0, 0.05) is 71.2 Å². The fourth-order valence-corrected chi connectivity index (χ4v) is 5.65. The molecule has 1 spiro atoms. The van der Waals surface area contributed by atoms with E-state index in [1.165, 1.54) is 12.8 Å². The molecule has 1 aliphatic carbocycles. The molecule has 0 amide bonds. The van der Waals surface area contributed by atoms with Crippen molar-refractivity contribution in [1.29, 1.82) is 0 Å². The number of nitrogens with zero attached hydrogens (tertiary/aromatic N) is 2. The van der Waals surface area contributed by atoms with E-state index in [9.17, 15) is 4.79 Å². The van der Waals surface area contributed by atoms with Crippen molar-refractivity contribution < 1.29 is 0 Å². The zero-order valence-electron chi connectivity index (χ0n) is 18.9. The maximum Gasteiger partial charge on any atom is 0.253 e. The van der Waals surface area contributed by atoms with Crippen LogP contribution in [-0.4, -0.2) is 35.6 Å². The fraction of sp³-hybridized carbons (Fsp3) is 0.440. The highest BCUT2D eigenvalue weighted by Gasteiger charge is 2.50. The number of aromatic amines is 1. The lowest BCUT2D eigenvalue weighted by atomic mass is 9.61. The highest BCUT2D eigenvalue weighted by atomic mass is 35.5. The van der Waals surface area contributed by atoms with Gasteiger partial charge in [-0.3, -0.25) is 4.79 Å². The molecular formula is C25H30ClN5O. The average molecular weight is 452 g/mol. The van der Waals surface area contributed by atoms with E-state index >= 15 is 0 Å². The summed E-state index contributed by atoms with van der Waals surface area (Å²) < 4.78 is 0. The van der Waals surface area contributed by atoms with Gasteiger partial charge in [0.2, 0.25) is 0 Å². The molecule has 0 unspecified atom stereocenters. The zero-order valence-corrected chi connectivity index (χ0v) is 19.6. The Morgan fingerprint density at radius 1 is 1.22 bits per heavy atom. The summed E-state index contributed by atoms with van der Waals surface area (Å²) in [4.78, 5) is 22.4. The first-order valence-corrected chi connectivity index (χ1v) is 11.8. The smallest absolute Gasteiger partial charge is 0.253 e. The number of aryl methyl sites for hydroxylation is 2. The van der Waals surface area contributed by atoms with Crippen LogP contribution in [0.2, 0.25) is 5.02 Å². The second-order valence-electron chi connectivity index (χ2n) is 9.43. The van der Waals surface area contributed by atoms with Crippen LogP contribution in [0.15, 0.2) is 35.3 Å². The van der Waals surface area contributed by atoms with Crippen molar-refractivity contribution in [3.8, 4) is 0 Å². The van der Waals surface area contributed by atoms with E-state index in [0.29, 0.717) is 23.0 Å². The van der Waals surface area contributed by atoms with Gasteiger partial charge in [0.1, 0.15) is 5.82 Å². The summed E-state index contributed by atoms with van der Waals surface area (Å²) in [5.74, 6) is 0.745. The summed E-state index contributed by atoms with van der Waals surface area (Å²) >= 11 is 6.60. The first-order valence-electron chi connectivity index (χ1n) is 11.4. The molecule has 2 aromatic heterocycles. The topological polar surface area (TPSA) is 73.0 Å². The molecule has 1 saturated carbocycles. The third kappa shape index (κ3) is 3.65. The van der Waals surface area contributed by atoms with Crippen LogP contribution in [0.25, 0.3) is 10.8 Å². The number of fused-ring (bicyclic) bond motifs is 1.